The first-order valence-corrected chi connectivity index (χ1v) is 10.1. The number of ether oxygens (including phenoxy) is 1. The van der Waals surface area contributed by atoms with Crippen molar-refractivity contribution in [1.82, 2.24) is 20.1 Å². The Kier molecular flexibility index (Phi) is 5.48. The van der Waals surface area contributed by atoms with Gasteiger partial charge in [-0.15, -0.1) is 10.2 Å². The molecule has 2 amide bonds. The van der Waals surface area contributed by atoms with Crippen LogP contribution in [-0.4, -0.2) is 39.3 Å². The van der Waals surface area contributed by atoms with Crippen molar-refractivity contribution in [2.24, 2.45) is 0 Å². The first-order valence-electron chi connectivity index (χ1n) is 9.30. The summed E-state index contributed by atoms with van der Waals surface area (Å²) in [5.74, 6) is 0.844. The molecule has 0 aliphatic carbocycles. The van der Waals surface area contributed by atoms with E-state index in [9.17, 15) is 4.79 Å². The number of carbonyl (C=O) groups excluding carboxylic acids is 1. The Hall–Kier alpha value is -3.00. The van der Waals surface area contributed by atoms with Crippen LogP contribution in [0, 0.1) is 0 Å². The molecule has 1 N–H and O–H groups in total. The Morgan fingerprint density at radius 2 is 2.11 bits per heavy atom. The Morgan fingerprint density at radius 3 is 2.86 bits per heavy atom. The highest BCUT2D eigenvalue weighted by Crippen LogP contribution is 2.33. The average Bonchev–Trinajstić information content (AvgIpc) is 3.39. The summed E-state index contributed by atoms with van der Waals surface area (Å²) in [5.41, 5.74) is 1.86. The summed E-state index contributed by atoms with van der Waals surface area (Å²) < 4.78 is 5.50. The Balaban J connectivity index is 1.44. The summed E-state index contributed by atoms with van der Waals surface area (Å²) >= 11 is 1.32. The molecule has 3 heterocycles. The van der Waals surface area contributed by atoms with E-state index >= 15 is 0 Å². The number of aromatic nitrogens is 3. The van der Waals surface area contributed by atoms with Crippen molar-refractivity contribution in [3.63, 3.8) is 0 Å². The summed E-state index contributed by atoms with van der Waals surface area (Å²) in [6, 6.07) is 13.5. The normalized spacial score (nSPS) is 16.2. The van der Waals surface area contributed by atoms with Crippen molar-refractivity contribution in [2.75, 3.05) is 18.5 Å². The van der Waals surface area contributed by atoms with Crippen LogP contribution >= 0.6 is 11.3 Å². The number of rotatable bonds is 5. The van der Waals surface area contributed by atoms with E-state index in [1.807, 2.05) is 54.3 Å². The number of carbonyl (C=O) groups is 1. The van der Waals surface area contributed by atoms with Crippen LogP contribution in [-0.2, 0) is 0 Å². The number of hydrogen-bond acceptors (Lipinski definition) is 6. The molecule has 4 rings (SSSR count). The van der Waals surface area contributed by atoms with Crippen LogP contribution in [0.15, 0.2) is 48.7 Å². The number of pyridine rings is 1. The average molecular weight is 395 g/mol. The molecule has 2 aromatic heterocycles. The highest BCUT2D eigenvalue weighted by atomic mass is 32.1. The monoisotopic (exact) mass is 395 g/mol. The molecule has 0 bridgehead atoms. The molecule has 1 aliphatic heterocycles. The number of urea groups is 1. The lowest BCUT2D eigenvalue weighted by molar-refractivity contribution is 0.207. The van der Waals surface area contributed by atoms with Gasteiger partial charge in [0.05, 0.1) is 12.6 Å². The molecule has 28 heavy (non-hydrogen) atoms. The van der Waals surface area contributed by atoms with Gasteiger partial charge in [-0.3, -0.25) is 10.3 Å². The van der Waals surface area contributed by atoms with Crippen molar-refractivity contribution < 1.29 is 9.53 Å². The molecule has 1 saturated heterocycles. The maximum atomic E-state index is 12.8. The molecular weight excluding hydrogens is 374 g/mol. The highest BCUT2D eigenvalue weighted by molar-refractivity contribution is 7.18. The Morgan fingerprint density at radius 1 is 1.25 bits per heavy atom. The maximum absolute atomic E-state index is 12.8. The molecule has 0 spiro atoms. The van der Waals surface area contributed by atoms with Crippen LogP contribution < -0.4 is 10.1 Å². The van der Waals surface area contributed by atoms with Crippen LogP contribution in [0.3, 0.4) is 0 Å². The molecule has 3 aromatic rings. The van der Waals surface area contributed by atoms with Crippen molar-refractivity contribution in [1.29, 1.82) is 0 Å². The smallest absolute Gasteiger partial charge is 0.324 e. The molecular formula is C20H21N5O2S. The second-order valence-electron chi connectivity index (χ2n) is 6.41. The van der Waals surface area contributed by atoms with E-state index in [1.165, 1.54) is 11.3 Å². The lowest BCUT2D eigenvalue weighted by Crippen LogP contribution is -2.34. The number of likely N-dealkylation sites (tertiary alicyclic amines) is 1. The topological polar surface area (TPSA) is 80.2 Å². The fourth-order valence-corrected chi connectivity index (χ4v) is 4.05. The molecule has 0 radical (unpaired) electrons. The van der Waals surface area contributed by atoms with E-state index in [1.54, 1.807) is 6.20 Å². The lowest BCUT2D eigenvalue weighted by Gasteiger charge is -2.25. The van der Waals surface area contributed by atoms with Gasteiger partial charge >= 0.3 is 6.03 Å². The Bertz CT molecular complexity index is 929. The van der Waals surface area contributed by atoms with Crippen LogP contribution in [0.25, 0.3) is 10.7 Å². The van der Waals surface area contributed by atoms with Gasteiger partial charge in [-0.05, 0) is 49.6 Å². The van der Waals surface area contributed by atoms with E-state index in [-0.39, 0.29) is 12.1 Å². The SMILES string of the molecule is CCOc1ccc(C2CCCN2C(=O)Nc2nnc(-c3ccccn3)s2)cc1. The van der Waals surface area contributed by atoms with Crippen molar-refractivity contribution >= 4 is 22.5 Å². The number of nitrogens with zero attached hydrogens (tertiary/aromatic N) is 4. The third kappa shape index (κ3) is 3.96. The lowest BCUT2D eigenvalue weighted by atomic mass is 10.0. The van der Waals surface area contributed by atoms with Gasteiger partial charge in [-0.1, -0.05) is 29.5 Å². The van der Waals surface area contributed by atoms with E-state index in [0.717, 1.165) is 36.4 Å². The molecule has 1 atom stereocenters. The van der Waals surface area contributed by atoms with Crippen molar-refractivity contribution in [3.8, 4) is 16.5 Å². The number of amides is 2. The zero-order chi connectivity index (χ0) is 19.3. The Labute approximate surface area is 167 Å². The number of nitrogens with one attached hydrogen (secondary N) is 1. The molecule has 1 aromatic carbocycles. The van der Waals surface area contributed by atoms with E-state index < -0.39 is 0 Å². The van der Waals surface area contributed by atoms with Crippen LogP contribution in [0.4, 0.5) is 9.93 Å². The summed E-state index contributed by atoms with van der Waals surface area (Å²) in [4.78, 5) is 19.0. The van der Waals surface area contributed by atoms with E-state index in [0.29, 0.717) is 16.7 Å². The van der Waals surface area contributed by atoms with Crippen LogP contribution in [0.5, 0.6) is 5.75 Å². The second-order valence-corrected chi connectivity index (χ2v) is 7.39. The van der Waals surface area contributed by atoms with Gasteiger partial charge in [-0.25, -0.2) is 4.79 Å². The summed E-state index contributed by atoms with van der Waals surface area (Å²) in [6.45, 7) is 3.32. The standard InChI is InChI=1S/C20H21N5O2S/c1-2-27-15-10-8-14(9-11-15)17-7-5-13-25(17)20(26)22-19-24-23-18(28-19)16-6-3-4-12-21-16/h3-4,6,8-12,17H,2,5,7,13H2,1H3,(H,22,24,26). The third-order valence-electron chi connectivity index (χ3n) is 4.61. The van der Waals surface area contributed by atoms with Gasteiger partial charge < -0.3 is 9.64 Å². The minimum Gasteiger partial charge on any atom is -0.494 e. The predicted molar refractivity (Wildman–Crippen MR) is 108 cm³/mol. The molecule has 1 aliphatic rings. The van der Waals surface area contributed by atoms with Crippen LogP contribution in [0.2, 0.25) is 0 Å². The molecule has 7 nitrogen and oxygen atoms in total. The zero-order valence-corrected chi connectivity index (χ0v) is 16.4. The number of hydrogen-bond donors (Lipinski definition) is 1. The molecule has 8 heteroatoms. The van der Waals surface area contributed by atoms with Crippen molar-refractivity contribution in [2.45, 2.75) is 25.8 Å². The third-order valence-corrected chi connectivity index (χ3v) is 5.47. The summed E-state index contributed by atoms with van der Waals surface area (Å²) in [5, 5.41) is 12.3. The summed E-state index contributed by atoms with van der Waals surface area (Å²) in [7, 11) is 0. The van der Waals surface area contributed by atoms with E-state index in [4.69, 9.17) is 4.74 Å². The zero-order valence-electron chi connectivity index (χ0n) is 15.5. The van der Waals surface area contributed by atoms with Gasteiger partial charge in [-0.2, -0.15) is 0 Å². The molecule has 0 saturated carbocycles. The molecule has 144 valence electrons. The second kappa shape index (κ2) is 8.35. The van der Waals surface area contributed by atoms with Gasteiger partial charge in [0.2, 0.25) is 5.13 Å². The maximum Gasteiger partial charge on any atom is 0.324 e. The first-order chi connectivity index (χ1) is 13.7. The van der Waals surface area contributed by atoms with Crippen LogP contribution in [0.1, 0.15) is 31.4 Å². The van der Waals surface area contributed by atoms with Gasteiger partial charge in [0.1, 0.15) is 11.4 Å². The minimum atomic E-state index is -0.153. The predicted octanol–water partition coefficient (Wildman–Crippen LogP) is 4.37. The molecule has 1 unspecified atom stereocenters. The number of benzene rings is 1. The quantitative estimate of drug-likeness (QED) is 0.694. The highest BCUT2D eigenvalue weighted by Gasteiger charge is 2.30. The first kappa shape index (κ1) is 18.4. The summed E-state index contributed by atoms with van der Waals surface area (Å²) in [6.07, 6.45) is 3.62. The van der Waals surface area contributed by atoms with Gasteiger partial charge in [0, 0.05) is 12.7 Å². The fraction of sp³-hybridized carbons (Fsp3) is 0.300. The minimum absolute atomic E-state index is 0.0545. The molecule has 1 fully saturated rings. The van der Waals surface area contributed by atoms with E-state index in [2.05, 4.69) is 20.5 Å². The van der Waals surface area contributed by atoms with Crippen molar-refractivity contribution in [3.05, 3.63) is 54.2 Å². The van der Waals surface area contributed by atoms with Gasteiger partial charge in [0.15, 0.2) is 5.01 Å². The number of anilines is 1. The largest absolute Gasteiger partial charge is 0.494 e. The van der Waals surface area contributed by atoms with Gasteiger partial charge in [0.25, 0.3) is 0 Å². The fourth-order valence-electron chi connectivity index (χ4n) is 3.34.